The lowest BCUT2D eigenvalue weighted by Gasteiger charge is -2.04. The first-order valence-corrected chi connectivity index (χ1v) is 7.24. The highest BCUT2D eigenvalue weighted by Crippen LogP contribution is 2.27. The van der Waals surface area contributed by atoms with E-state index < -0.39 is 0 Å². The van der Waals surface area contributed by atoms with Gasteiger partial charge in [-0.1, -0.05) is 48.9 Å². The van der Waals surface area contributed by atoms with Gasteiger partial charge in [0, 0.05) is 5.56 Å². The first-order valence-electron chi connectivity index (χ1n) is 6.86. The molecule has 21 heavy (non-hydrogen) atoms. The molecule has 0 atom stereocenters. The van der Waals surface area contributed by atoms with E-state index in [0.29, 0.717) is 5.15 Å². The largest absolute Gasteiger partial charge is 0.285 e. The van der Waals surface area contributed by atoms with Crippen molar-refractivity contribution in [3.05, 3.63) is 58.9 Å². The van der Waals surface area contributed by atoms with E-state index in [2.05, 4.69) is 42.2 Å². The third-order valence-corrected chi connectivity index (χ3v) is 3.87. The minimum Gasteiger partial charge on any atom is -0.285 e. The minimum atomic E-state index is 0.274. The van der Waals surface area contributed by atoms with Crippen LogP contribution in [-0.2, 0) is 12.8 Å². The lowest BCUT2D eigenvalue weighted by atomic mass is 10.1. The van der Waals surface area contributed by atoms with Gasteiger partial charge >= 0.3 is 0 Å². The second-order valence-electron chi connectivity index (χ2n) is 4.83. The summed E-state index contributed by atoms with van der Waals surface area (Å²) in [5, 5.41) is 9.68. The molecule has 0 saturated heterocycles. The number of halogens is 1. The van der Waals surface area contributed by atoms with Gasteiger partial charge in [-0.2, -0.15) is 5.26 Å². The Hall–Kier alpha value is -2.31. The van der Waals surface area contributed by atoms with E-state index in [-0.39, 0.29) is 6.42 Å². The molecule has 0 unspecified atom stereocenters. The Balaban J connectivity index is 2.23. The fourth-order valence-electron chi connectivity index (χ4n) is 2.48. The number of nitrogens with zero attached hydrogens (tertiary/aromatic N) is 3. The molecular weight excluding hydrogens is 282 g/mol. The van der Waals surface area contributed by atoms with Crippen molar-refractivity contribution in [1.29, 1.82) is 5.26 Å². The molecule has 0 aliphatic heterocycles. The standard InChI is InChI=1S/C17H14ClN3/c1-2-12-6-8-13(9-7-12)17-14(10-11-19)21-15(18)4-3-5-16(21)20-17/h3-9H,2,10H2,1H3. The van der Waals surface area contributed by atoms with E-state index in [4.69, 9.17) is 16.9 Å². The number of rotatable bonds is 3. The number of fused-ring (bicyclic) bond motifs is 1. The number of benzene rings is 1. The predicted octanol–water partition coefficient (Wildman–Crippen LogP) is 4.28. The van der Waals surface area contributed by atoms with Gasteiger partial charge in [0.25, 0.3) is 0 Å². The zero-order valence-corrected chi connectivity index (χ0v) is 12.4. The number of aryl methyl sites for hydroxylation is 1. The third kappa shape index (κ3) is 2.39. The topological polar surface area (TPSA) is 41.1 Å². The van der Waals surface area contributed by atoms with E-state index in [0.717, 1.165) is 29.0 Å². The maximum atomic E-state index is 9.11. The second kappa shape index (κ2) is 5.59. The third-order valence-electron chi connectivity index (χ3n) is 3.57. The lowest BCUT2D eigenvalue weighted by Crippen LogP contribution is -1.95. The molecule has 2 aromatic heterocycles. The molecule has 0 N–H and O–H groups in total. The first-order chi connectivity index (χ1) is 10.2. The average molecular weight is 296 g/mol. The zero-order valence-electron chi connectivity index (χ0n) is 11.7. The maximum absolute atomic E-state index is 9.11. The summed E-state index contributed by atoms with van der Waals surface area (Å²) in [6, 6.07) is 16.1. The summed E-state index contributed by atoms with van der Waals surface area (Å²) in [7, 11) is 0. The SMILES string of the molecule is CCc1ccc(-c2nc3cccc(Cl)n3c2CC#N)cc1. The summed E-state index contributed by atoms with van der Waals surface area (Å²) in [6.07, 6.45) is 1.28. The molecule has 0 bridgehead atoms. The van der Waals surface area contributed by atoms with Gasteiger partial charge < -0.3 is 0 Å². The first kappa shape index (κ1) is 13.7. The summed E-state index contributed by atoms with van der Waals surface area (Å²) >= 11 is 6.26. The fraction of sp³-hybridized carbons (Fsp3) is 0.176. The van der Waals surface area contributed by atoms with E-state index in [1.807, 2.05) is 16.5 Å². The smallest absolute Gasteiger partial charge is 0.138 e. The van der Waals surface area contributed by atoms with E-state index in [9.17, 15) is 0 Å². The van der Waals surface area contributed by atoms with Crippen molar-refractivity contribution in [2.24, 2.45) is 0 Å². The van der Waals surface area contributed by atoms with Crippen LogP contribution in [0.15, 0.2) is 42.5 Å². The lowest BCUT2D eigenvalue weighted by molar-refractivity contribution is 1.06. The maximum Gasteiger partial charge on any atom is 0.138 e. The van der Waals surface area contributed by atoms with Crippen LogP contribution in [0.4, 0.5) is 0 Å². The molecule has 104 valence electrons. The molecule has 4 heteroatoms. The molecule has 0 spiro atoms. The fourth-order valence-corrected chi connectivity index (χ4v) is 2.74. The van der Waals surface area contributed by atoms with Gasteiger partial charge in [-0.3, -0.25) is 4.40 Å². The molecule has 0 fully saturated rings. The number of aromatic nitrogens is 2. The molecule has 2 heterocycles. The normalized spacial score (nSPS) is 10.7. The number of imidazole rings is 1. The molecular formula is C17H14ClN3. The van der Waals surface area contributed by atoms with Crippen LogP contribution in [0.25, 0.3) is 16.9 Å². The van der Waals surface area contributed by atoms with Gasteiger partial charge in [-0.15, -0.1) is 0 Å². The van der Waals surface area contributed by atoms with Crippen molar-refractivity contribution in [2.45, 2.75) is 19.8 Å². The Kier molecular flexibility index (Phi) is 3.64. The Labute approximate surface area is 128 Å². The van der Waals surface area contributed by atoms with Crippen LogP contribution in [-0.4, -0.2) is 9.38 Å². The Morgan fingerprint density at radius 1 is 1.19 bits per heavy atom. The Morgan fingerprint density at radius 3 is 2.62 bits per heavy atom. The van der Waals surface area contributed by atoms with Gasteiger partial charge in [0.2, 0.25) is 0 Å². The van der Waals surface area contributed by atoms with Crippen LogP contribution in [0, 0.1) is 11.3 Å². The summed E-state index contributed by atoms with van der Waals surface area (Å²) in [5.41, 5.74) is 4.72. The van der Waals surface area contributed by atoms with Crippen LogP contribution in [0.5, 0.6) is 0 Å². The monoisotopic (exact) mass is 295 g/mol. The molecule has 3 rings (SSSR count). The van der Waals surface area contributed by atoms with Gasteiger partial charge in [-0.25, -0.2) is 4.98 Å². The van der Waals surface area contributed by atoms with E-state index in [1.165, 1.54) is 5.56 Å². The van der Waals surface area contributed by atoms with E-state index in [1.54, 1.807) is 6.07 Å². The van der Waals surface area contributed by atoms with Crippen LogP contribution >= 0.6 is 11.6 Å². The molecule has 0 radical (unpaired) electrons. The van der Waals surface area contributed by atoms with Crippen molar-refractivity contribution in [2.75, 3.05) is 0 Å². The van der Waals surface area contributed by atoms with Crippen LogP contribution in [0.1, 0.15) is 18.2 Å². The number of nitriles is 1. The van der Waals surface area contributed by atoms with Crippen molar-refractivity contribution in [1.82, 2.24) is 9.38 Å². The Bertz CT molecular complexity index is 826. The molecule has 1 aromatic carbocycles. The molecule has 3 nitrogen and oxygen atoms in total. The molecule has 0 saturated carbocycles. The summed E-state index contributed by atoms with van der Waals surface area (Å²) in [4.78, 5) is 4.65. The molecule has 0 amide bonds. The number of hydrogen-bond acceptors (Lipinski definition) is 2. The molecule has 3 aromatic rings. The average Bonchev–Trinajstić information content (AvgIpc) is 2.88. The van der Waals surface area contributed by atoms with Crippen molar-refractivity contribution >= 4 is 17.2 Å². The zero-order chi connectivity index (χ0) is 14.8. The van der Waals surface area contributed by atoms with Crippen LogP contribution < -0.4 is 0 Å². The quantitative estimate of drug-likeness (QED) is 0.677. The van der Waals surface area contributed by atoms with Gasteiger partial charge in [-0.05, 0) is 24.1 Å². The Morgan fingerprint density at radius 2 is 1.95 bits per heavy atom. The van der Waals surface area contributed by atoms with Gasteiger partial charge in [0.15, 0.2) is 0 Å². The number of hydrogen-bond donors (Lipinski definition) is 0. The van der Waals surface area contributed by atoms with E-state index >= 15 is 0 Å². The summed E-state index contributed by atoms with van der Waals surface area (Å²) in [5.74, 6) is 0. The predicted molar refractivity (Wildman–Crippen MR) is 84.3 cm³/mol. The van der Waals surface area contributed by atoms with Crippen molar-refractivity contribution in [3.63, 3.8) is 0 Å². The highest BCUT2D eigenvalue weighted by atomic mass is 35.5. The summed E-state index contributed by atoms with van der Waals surface area (Å²) in [6.45, 7) is 2.13. The molecule has 0 aliphatic rings. The van der Waals surface area contributed by atoms with Crippen molar-refractivity contribution in [3.8, 4) is 17.3 Å². The highest BCUT2D eigenvalue weighted by Gasteiger charge is 2.15. The van der Waals surface area contributed by atoms with Gasteiger partial charge in [0.1, 0.15) is 10.8 Å². The summed E-state index contributed by atoms with van der Waals surface area (Å²) < 4.78 is 1.84. The highest BCUT2D eigenvalue weighted by molar-refractivity contribution is 6.29. The van der Waals surface area contributed by atoms with Crippen molar-refractivity contribution < 1.29 is 0 Å². The molecule has 0 aliphatic carbocycles. The van der Waals surface area contributed by atoms with Crippen LogP contribution in [0.3, 0.4) is 0 Å². The minimum absolute atomic E-state index is 0.274. The second-order valence-corrected chi connectivity index (χ2v) is 5.22. The van der Waals surface area contributed by atoms with Crippen LogP contribution in [0.2, 0.25) is 5.15 Å². The number of pyridine rings is 1. The van der Waals surface area contributed by atoms with Gasteiger partial charge in [0.05, 0.1) is 23.9 Å².